The third-order valence-corrected chi connectivity index (χ3v) is 2.55. The summed E-state index contributed by atoms with van der Waals surface area (Å²) in [6, 6.07) is 10.2. The molecule has 0 saturated heterocycles. The van der Waals surface area contributed by atoms with E-state index in [9.17, 15) is 0 Å². The number of anilines is 1. The van der Waals surface area contributed by atoms with Crippen LogP contribution in [0.2, 0.25) is 0 Å². The molecule has 0 amide bonds. The van der Waals surface area contributed by atoms with Crippen molar-refractivity contribution in [3.05, 3.63) is 47.8 Å². The molecule has 0 unspecified atom stereocenters. The topological polar surface area (TPSA) is 47.0 Å². The molecule has 0 atom stereocenters. The lowest BCUT2D eigenvalue weighted by atomic mass is 10.1. The number of nitrogens with zero attached hydrogens (tertiary/aromatic N) is 2. The van der Waals surface area contributed by atoms with Gasteiger partial charge in [-0.3, -0.25) is 0 Å². The van der Waals surface area contributed by atoms with Crippen molar-refractivity contribution in [2.45, 2.75) is 33.4 Å². The van der Waals surface area contributed by atoms with Gasteiger partial charge in [0.1, 0.15) is 12.1 Å². The first-order valence-corrected chi connectivity index (χ1v) is 6.41. The smallest absolute Gasteiger partial charge is 0.218 e. The van der Waals surface area contributed by atoms with Gasteiger partial charge in [-0.05, 0) is 26.3 Å². The minimum absolute atomic E-state index is 0.111. The van der Waals surface area contributed by atoms with E-state index < -0.39 is 0 Å². The van der Waals surface area contributed by atoms with E-state index in [0.29, 0.717) is 5.88 Å². The van der Waals surface area contributed by atoms with E-state index in [4.69, 9.17) is 4.74 Å². The lowest BCUT2D eigenvalue weighted by Gasteiger charge is -2.10. The van der Waals surface area contributed by atoms with Gasteiger partial charge < -0.3 is 10.1 Å². The van der Waals surface area contributed by atoms with Gasteiger partial charge in [-0.15, -0.1) is 0 Å². The molecule has 0 saturated carbocycles. The fourth-order valence-electron chi connectivity index (χ4n) is 1.76. The molecular weight excluding hydrogens is 238 g/mol. The van der Waals surface area contributed by atoms with Gasteiger partial charge in [0.2, 0.25) is 5.88 Å². The number of hydrogen-bond acceptors (Lipinski definition) is 4. The summed E-state index contributed by atoms with van der Waals surface area (Å²) in [6.45, 7) is 6.77. The zero-order valence-corrected chi connectivity index (χ0v) is 11.6. The molecule has 0 spiro atoms. The lowest BCUT2D eigenvalue weighted by Crippen LogP contribution is -2.08. The van der Waals surface area contributed by atoms with Gasteiger partial charge in [-0.1, -0.05) is 29.8 Å². The second-order valence-electron chi connectivity index (χ2n) is 4.75. The Morgan fingerprint density at radius 1 is 1.21 bits per heavy atom. The van der Waals surface area contributed by atoms with Crippen molar-refractivity contribution < 1.29 is 4.74 Å². The largest absolute Gasteiger partial charge is 0.475 e. The van der Waals surface area contributed by atoms with Gasteiger partial charge in [0.05, 0.1) is 6.10 Å². The standard InChI is InChI=1S/C15H19N3O/c1-11(2)19-15-8-14(17-10-18-15)16-9-13-6-4-5-12(3)7-13/h4-8,10-11H,9H2,1-3H3,(H,16,17,18). The van der Waals surface area contributed by atoms with Gasteiger partial charge in [0.25, 0.3) is 0 Å². The van der Waals surface area contributed by atoms with Crippen LogP contribution < -0.4 is 10.1 Å². The first-order valence-electron chi connectivity index (χ1n) is 6.41. The second-order valence-corrected chi connectivity index (χ2v) is 4.75. The van der Waals surface area contributed by atoms with Crippen LogP contribution in [0, 0.1) is 6.92 Å². The lowest BCUT2D eigenvalue weighted by molar-refractivity contribution is 0.232. The van der Waals surface area contributed by atoms with Crippen molar-refractivity contribution in [1.29, 1.82) is 0 Å². The molecule has 0 aliphatic carbocycles. The zero-order valence-electron chi connectivity index (χ0n) is 11.6. The third kappa shape index (κ3) is 4.25. The van der Waals surface area contributed by atoms with Gasteiger partial charge in [0, 0.05) is 12.6 Å². The minimum Gasteiger partial charge on any atom is -0.475 e. The van der Waals surface area contributed by atoms with Crippen LogP contribution in [0.25, 0.3) is 0 Å². The van der Waals surface area contributed by atoms with E-state index in [1.54, 1.807) is 0 Å². The molecule has 0 fully saturated rings. The second kappa shape index (κ2) is 6.18. The Morgan fingerprint density at radius 3 is 2.79 bits per heavy atom. The van der Waals surface area contributed by atoms with Crippen LogP contribution in [-0.2, 0) is 6.54 Å². The molecule has 0 radical (unpaired) electrons. The van der Waals surface area contributed by atoms with Crippen molar-refractivity contribution in [3.63, 3.8) is 0 Å². The number of aryl methyl sites for hydroxylation is 1. The Balaban J connectivity index is 1.99. The number of aromatic nitrogens is 2. The molecule has 19 heavy (non-hydrogen) atoms. The number of ether oxygens (including phenoxy) is 1. The van der Waals surface area contributed by atoms with Crippen molar-refractivity contribution in [1.82, 2.24) is 9.97 Å². The summed E-state index contributed by atoms with van der Waals surface area (Å²) in [5.41, 5.74) is 2.48. The number of rotatable bonds is 5. The summed E-state index contributed by atoms with van der Waals surface area (Å²) in [5.74, 6) is 1.36. The highest BCUT2D eigenvalue weighted by molar-refractivity contribution is 5.38. The van der Waals surface area contributed by atoms with Gasteiger partial charge in [-0.25, -0.2) is 9.97 Å². The number of nitrogens with one attached hydrogen (secondary N) is 1. The molecule has 0 aliphatic rings. The van der Waals surface area contributed by atoms with Crippen LogP contribution in [0.1, 0.15) is 25.0 Å². The van der Waals surface area contributed by atoms with E-state index in [2.05, 4.69) is 46.5 Å². The monoisotopic (exact) mass is 257 g/mol. The van der Waals surface area contributed by atoms with E-state index in [1.807, 2.05) is 19.9 Å². The van der Waals surface area contributed by atoms with E-state index in [-0.39, 0.29) is 6.10 Å². The molecule has 1 aromatic carbocycles. The highest BCUT2D eigenvalue weighted by atomic mass is 16.5. The predicted molar refractivity (Wildman–Crippen MR) is 76.3 cm³/mol. The molecule has 4 nitrogen and oxygen atoms in total. The van der Waals surface area contributed by atoms with E-state index in [1.165, 1.54) is 17.5 Å². The number of hydrogen-bond donors (Lipinski definition) is 1. The van der Waals surface area contributed by atoms with Crippen molar-refractivity contribution in [2.75, 3.05) is 5.32 Å². The summed E-state index contributed by atoms with van der Waals surface area (Å²) in [4.78, 5) is 8.26. The molecule has 1 aromatic heterocycles. The Labute approximate surface area is 113 Å². The van der Waals surface area contributed by atoms with Crippen molar-refractivity contribution in [2.24, 2.45) is 0 Å². The van der Waals surface area contributed by atoms with Gasteiger partial charge in [0.15, 0.2) is 0 Å². The molecule has 2 aromatic rings. The fraction of sp³-hybridized carbons (Fsp3) is 0.333. The highest BCUT2D eigenvalue weighted by Crippen LogP contribution is 2.13. The first kappa shape index (κ1) is 13.3. The van der Waals surface area contributed by atoms with Crippen LogP contribution in [-0.4, -0.2) is 16.1 Å². The maximum absolute atomic E-state index is 5.53. The molecule has 4 heteroatoms. The SMILES string of the molecule is Cc1cccc(CNc2cc(OC(C)C)ncn2)c1. The van der Waals surface area contributed by atoms with Crippen LogP contribution in [0.3, 0.4) is 0 Å². The first-order chi connectivity index (χ1) is 9.13. The maximum Gasteiger partial charge on any atom is 0.218 e. The van der Waals surface area contributed by atoms with Crippen molar-refractivity contribution in [3.8, 4) is 5.88 Å². The van der Waals surface area contributed by atoms with Crippen LogP contribution in [0.4, 0.5) is 5.82 Å². The van der Waals surface area contributed by atoms with Crippen molar-refractivity contribution >= 4 is 5.82 Å². The summed E-state index contributed by atoms with van der Waals surface area (Å²) in [6.07, 6.45) is 1.62. The van der Waals surface area contributed by atoms with E-state index >= 15 is 0 Å². The maximum atomic E-state index is 5.53. The average molecular weight is 257 g/mol. The molecule has 2 rings (SSSR count). The Morgan fingerprint density at radius 2 is 2.05 bits per heavy atom. The fourth-order valence-corrected chi connectivity index (χ4v) is 1.76. The van der Waals surface area contributed by atoms with Crippen LogP contribution in [0.15, 0.2) is 36.7 Å². The molecule has 100 valence electrons. The quantitative estimate of drug-likeness (QED) is 0.893. The summed E-state index contributed by atoms with van der Waals surface area (Å²) < 4.78 is 5.53. The molecule has 0 aliphatic heterocycles. The van der Waals surface area contributed by atoms with Gasteiger partial charge in [-0.2, -0.15) is 0 Å². The summed E-state index contributed by atoms with van der Waals surface area (Å²) >= 11 is 0. The third-order valence-electron chi connectivity index (χ3n) is 2.55. The highest BCUT2D eigenvalue weighted by Gasteiger charge is 2.02. The summed E-state index contributed by atoms with van der Waals surface area (Å²) in [5, 5.41) is 3.27. The Bertz CT molecular complexity index is 540. The molecule has 1 N–H and O–H groups in total. The predicted octanol–water partition coefficient (Wildman–Crippen LogP) is 3.18. The minimum atomic E-state index is 0.111. The number of benzene rings is 1. The van der Waals surface area contributed by atoms with E-state index in [0.717, 1.165) is 12.4 Å². The summed E-state index contributed by atoms with van der Waals surface area (Å²) in [7, 11) is 0. The van der Waals surface area contributed by atoms with Gasteiger partial charge >= 0.3 is 0 Å². The van der Waals surface area contributed by atoms with Crippen LogP contribution in [0.5, 0.6) is 5.88 Å². The molecular formula is C15H19N3O. The Hall–Kier alpha value is -2.10. The average Bonchev–Trinajstić information content (AvgIpc) is 2.36. The molecule has 0 bridgehead atoms. The molecule has 1 heterocycles. The van der Waals surface area contributed by atoms with Crippen LogP contribution >= 0.6 is 0 Å². The Kier molecular flexibility index (Phi) is 4.34. The normalized spacial score (nSPS) is 10.5. The zero-order chi connectivity index (χ0) is 13.7.